The summed E-state index contributed by atoms with van der Waals surface area (Å²) in [6, 6.07) is -0.902. The lowest BCUT2D eigenvalue weighted by atomic mass is 10.0. The van der Waals surface area contributed by atoms with Crippen LogP contribution in [0.15, 0.2) is 109 Å². The van der Waals surface area contributed by atoms with E-state index in [0.717, 1.165) is 116 Å². The van der Waals surface area contributed by atoms with E-state index in [1.54, 1.807) is 0 Å². The van der Waals surface area contributed by atoms with Crippen molar-refractivity contribution in [3.63, 3.8) is 0 Å². The highest BCUT2D eigenvalue weighted by Crippen LogP contribution is 2.38. The van der Waals surface area contributed by atoms with Gasteiger partial charge in [-0.2, -0.15) is 0 Å². The molecule has 3 atom stereocenters. The zero-order chi connectivity index (χ0) is 59.3. The van der Waals surface area contributed by atoms with Crippen LogP contribution in [0.3, 0.4) is 0 Å². The number of allylic oxidation sites excluding steroid dienone is 17. The van der Waals surface area contributed by atoms with Crippen molar-refractivity contribution in [2.24, 2.45) is 0 Å². The van der Waals surface area contributed by atoms with Crippen molar-refractivity contribution in [3.05, 3.63) is 109 Å². The van der Waals surface area contributed by atoms with Gasteiger partial charge in [-0.15, -0.1) is 0 Å². The Morgan fingerprint density at radius 2 is 0.852 bits per heavy atom. The summed E-state index contributed by atoms with van der Waals surface area (Å²) in [6.45, 7) is 6.60. The zero-order valence-corrected chi connectivity index (χ0v) is 54.1. The number of hydrogen-bond donors (Lipinski definition) is 1. The molecule has 0 aliphatic heterocycles. The van der Waals surface area contributed by atoms with Crippen molar-refractivity contribution in [2.45, 2.75) is 290 Å². The fraction of sp³-hybridized carbons (Fsp3) is 0.718. The van der Waals surface area contributed by atoms with Gasteiger partial charge in [0.25, 0.3) is 7.82 Å². The van der Waals surface area contributed by atoms with Gasteiger partial charge in [-0.05, 0) is 96.0 Å². The Kier molecular flexibility index (Phi) is 57.4. The molecule has 0 aromatic rings. The molecule has 0 heterocycles. The fourth-order valence-electron chi connectivity index (χ4n) is 9.20. The summed E-state index contributed by atoms with van der Waals surface area (Å²) in [4.78, 5) is 40.1. The van der Waals surface area contributed by atoms with Crippen LogP contribution in [0.5, 0.6) is 0 Å². The van der Waals surface area contributed by atoms with E-state index in [2.05, 4.69) is 123 Å². The number of phosphoric acid groups is 1. The van der Waals surface area contributed by atoms with Gasteiger partial charge in [0.05, 0.1) is 33.8 Å². The molecule has 0 saturated carbocycles. The third-order valence-electron chi connectivity index (χ3n) is 14.3. The molecule has 1 N–H and O–H groups in total. The summed E-state index contributed by atoms with van der Waals surface area (Å²) in [5.74, 6) is -0.560. The molecule has 0 spiro atoms. The molecule has 0 bridgehead atoms. The van der Waals surface area contributed by atoms with Crippen LogP contribution < -0.4 is 10.2 Å². The summed E-state index contributed by atoms with van der Waals surface area (Å²) >= 11 is 0. The molecular weight excluding hydrogens is 1020 g/mol. The van der Waals surface area contributed by atoms with Crippen LogP contribution in [0, 0.1) is 0 Å². The molecule has 3 unspecified atom stereocenters. The first-order valence-electron chi connectivity index (χ1n) is 33.2. The number of nitrogens with zero attached hydrogens (tertiary/aromatic N) is 1. The second-order valence-electron chi connectivity index (χ2n) is 23.3. The predicted octanol–water partition coefficient (Wildman–Crippen LogP) is 20.3. The number of hydrogen-bond acceptors (Lipinski definition) is 7. The van der Waals surface area contributed by atoms with Crippen LogP contribution in [-0.4, -0.2) is 69.4 Å². The molecule has 0 aromatic carbocycles. The molecule has 0 aliphatic carbocycles. The number of carbonyl (C=O) groups is 2. The molecule has 81 heavy (non-hydrogen) atoms. The first-order valence-corrected chi connectivity index (χ1v) is 34.7. The smallest absolute Gasteiger partial charge is 0.306 e. The maximum atomic E-state index is 13.6. The summed E-state index contributed by atoms with van der Waals surface area (Å²) in [6.07, 6.45) is 82.0. The molecule has 0 radical (unpaired) electrons. The Morgan fingerprint density at radius 1 is 0.457 bits per heavy atom. The number of carbonyl (C=O) groups excluding carboxylic acids is 2. The van der Waals surface area contributed by atoms with Crippen LogP contribution >= 0.6 is 7.82 Å². The van der Waals surface area contributed by atoms with Crippen LogP contribution in [-0.2, 0) is 27.9 Å². The molecule has 0 saturated heterocycles. The molecule has 9 nitrogen and oxygen atoms in total. The number of amides is 1. The number of quaternary nitrogens is 1. The maximum Gasteiger partial charge on any atom is 0.306 e. The van der Waals surface area contributed by atoms with E-state index in [1.807, 2.05) is 33.3 Å². The van der Waals surface area contributed by atoms with E-state index >= 15 is 0 Å². The highest BCUT2D eigenvalue weighted by atomic mass is 31.2. The van der Waals surface area contributed by atoms with Gasteiger partial charge < -0.3 is 28.5 Å². The molecule has 10 heteroatoms. The van der Waals surface area contributed by atoms with Crippen molar-refractivity contribution in [1.29, 1.82) is 0 Å². The number of unbranched alkanes of at least 4 members (excludes halogenated alkanes) is 29. The van der Waals surface area contributed by atoms with Crippen molar-refractivity contribution in [1.82, 2.24) is 5.32 Å². The zero-order valence-electron chi connectivity index (χ0n) is 53.2. The SMILES string of the molecule is CC/C=C\C/C=C\C/C=C\C/C=C\C/C=C\CCCCCCCCCCCCCC(=O)NC(COP(=O)([O-])OCC[N+](C)(C)C)C(/C=C\CCCCCCCCCCCCC)OC(=O)CCCCCCCCC/C=C/C=C/C=C/CC. The Morgan fingerprint density at radius 3 is 1.32 bits per heavy atom. The summed E-state index contributed by atoms with van der Waals surface area (Å²) in [7, 11) is 1.17. The van der Waals surface area contributed by atoms with Crippen molar-refractivity contribution < 1.29 is 37.3 Å². The van der Waals surface area contributed by atoms with Gasteiger partial charge in [-0.25, -0.2) is 0 Å². The molecule has 466 valence electrons. The van der Waals surface area contributed by atoms with E-state index in [-0.39, 0.29) is 24.9 Å². The van der Waals surface area contributed by atoms with Crippen molar-refractivity contribution >= 4 is 19.7 Å². The van der Waals surface area contributed by atoms with E-state index in [9.17, 15) is 19.0 Å². The lowest BCUT2D eigenvalue weighted by Gasteiger charge is -2.30. The van der Waals surface area contributed by atoms with E-state index in [1.165, 1.54) is 122 Å². The Hall–Kier alpha value is -3.33. The third-order valence-corrected chi connectivity index (χ3v) is 15.2. The summed E-state index contributed by atoms with van der Waals surface area (Å²) < 4.78 is 30.4. The highest BCUT2D eigenvalue weighted by molar-refractivity contribution is 7.45. The molecule has 1 amide bonds. The Bertz CT molecular complexity index is 1750. The van der Waals surface area contributed by atoms with Crippen molar-refractivity contribution in [2.75, 3.05) is 40.9 Å². The van der Waals surface area contributed by atoms with Gasteiger partial charge >= 0.3 is 5.97 Å². The summed E-state index contributed by atoms with van der Waals surface area (Å²) in [5.41, 5.74) is 0. The average molecular weight is 1150 g/mol. The molecule has 0 fully saturated rings. The van der Waals surface area contributed by atoms with E-state index < -0.39 is 26.6 Å². The molecular formula is C71H125N2O7P. The van der Waals surface area contributed by atoms with Gasteiger partial charge in [-0.1, -0.05) is 278 Å². The topological polar surface area (TPSA) is 114 Å². The minimum absolute atomic E-state index is 0.0296. The second kappa shape index (κ2) is 59.8. The van der Waals surface area contributed by atoms with Crippen LogP contribution in [0.4, 0.5) is 0 Å². The Balaban J connectivity index is 5.12. The number of rotatable bonds is 59. The van der Waals surface area contributed by atoms with Crippen LogP contribution in [0.25, 0.3) is 0 Å². The fourth-order valence-corrected chi connectivity index (χ4v) is 9.92. The standard InChI is InChI=1S/C71H125N2O7P/c1-7-10-13-16-19-22-25-28-30-31-32-33-34-35-36-37-38-39-40-41-43-45-48-51-54-57-60-63-70(74)72-68(67-79-81(76,77)78-66-65-73(4,5)6)69(62-59-56-53-50-47-44-27-24-21-18-15-12-9-3)80-71(75)64-61-58-55-52-49-46-42-29-26-23-20-17-14-11-8-2/h10-11,13-14,17,19-20,22-23,26,28,30,32-33,35-36,59,62,68-69H,7-9,12,15-16,18,21,24-25,27,29,31,34,37-58,60-61,63-67H2,1-6H3,(H-,72,74,76,77)/b13-10-,14-11+,20-17+,22-19-,26-23+,30-28-,33-32-,36-35-,62-59-. The molecule has 0 rings (SSSR count). The minimum Gasteiger partial charge on any atom is -0.756 e. The van der Waals surface area contributed by atoms with Crippen LogP contribution in [0.1, 0.15) is 278 Å². The quantitative estimate of drug-likeness (QED) is 0.0161. The first-order chi connectivity index (χ1) is 39.4. The molecule has 0 aliphatic rings. The average Bonchev–Trinajstić information content (AvgIpc) is 3.44. The monoisotopic (exact) mass is 1150 g/mol. The Labute approximate surface area is 500 Å². The van der Waals surface area contributed by atoms with Crippen molar-refractivity contribution in [3.8, 4) is 0 Å². The maximum absolute atomic E-state index is 13.6. The molecule has 0 aromatic heterocycles. The highest BCUT2D eigenvalue weighted by Gasteiger charge is 2.27. The largest absolute Gasteiger partial charge is 0.756 e. The van der Waals surface area contributed by atoms with Gasteiger partial charge in [0.2, 0.25) is 5.91 Å². The van der Waals surface area contributed by atoms with E-state index in [4.69, 9.17) is 13.8 Å². The predicted molar refractivity (Wildman–Crippen MR) is 348 cm³/mol. The number of phosphoric ester groups is 1. The van der Waals surface area contributed by atoms with Gasteiger partial charge in [0.15, 0.2) is 0 Å². The minimum atomic E-state index is -4.71. The van der Waals surface area contributed by atoms with Gasteiger partial charge in [-0.3, -0.25) is 14.2 Å². The van der Waals surface area contributed by atoms with E-state index in [0.29, 0.717) is 23.9 Å². The first kappa shape index (κ1) is 77.7. The normalized spacial score (nSPS) is 14.3. The third kappa shape index (κ3) is 61.1. The lowest BCUT2D eigenvalue weighted by molar-refractivity contribution is -0.870. The number of nitrogens with one attached hydrogen (secondary N) is 1. The number of likely N-dealkylation sites (N-methyl/N-ethyl adjacent to an activating group) is 1. The van der Waals surface area contributed by atoms with Gasteiger partial charge in [0.1, 0.15) is 19.3 Å². The number of esters is 1. The summed E-state index contributed by atoms with van der Waals surface area (Å²) in [5, 5.41) is 3.03. The number of ether oxygens (including phenoxy) is 1. The van der Waals surface area contributed by atoms with Crippen LogP contribution in [0.2, 0.25) is 0 Å². The lowest BCUT2D eigenvalue weighted by Crippen LogP contribution is -2.47. The second-order valence-corrected chi connectivity index (χ2v) is 24.7. The van der Waals surface area contributed by atoms with Gasteiger partial charge in [0, 0.05) is 12.8 Å².